The Bertz CT molecular complexity index is 145. The lowest BCUT2D eigenvalue weighted by atomic mass is 9.87. The van der Waals surface area contributed by atoms with Gasteiger partial charge in [0.1, 0.15) is 0 Å². The molecule has 3 heteroatoms. The highest BCUT2D eigenvalue weighted by Crippen LogP contribution is 2.24. The van der Waals surface area contributed by atoms with Crippen LogP contribution in [0.1, 0.15) is 39.5 Å². The molecule has 0 atom stereocenters. The molecule has 1 aliphatic rings. The number of ether oxygens (including phenoxy) is 1. The Labute approximate surface area is 80.3 Å². The van der Waals surface area contributed by atoms with E-state index in [4.69, 9.17) is 10.5 Å². The third kappa shape index (κ3) is 4.60. The maximum absolute atomic E-state index is 9.35. The van der Waals surface area contributed by atoms with Crippen LogP contribution in [-0.4, -0.2) is 23.5 Å². The Morgan fingerprint density at radius 3 is 2.31 bits per heavy atom. The quantitative estimate of drug-likeness (QED) is 0.654. The summed E-state index contributed by atoms with van der Waals surface area (Å²) in [6, 6.07) is 0.387. The summed E-state index contributed by atoms with van der Waals surface area (Å²) in [7, 11) is 0. The summed E-state index contributed by atoms with van der Waals surface area (Å²) < 4.78 is 5.32. The minimum atomic E-state index is -0.987. The first-order valence-electron chi connectivity index (χ1n) is 5.09. The van der Waals surface area contributed by atoms with E-state index < -0.39 is 5.79 Å². The van der Waals surface area contributed by atoms with Crippen molar-refractivity contribution in [3.8, 4) is 0 Å². The maximum Gasteiger partial charge on any atom is 0.159 e. The van der Waals surface area contributed by atoms with Gasteiger partial charge in [-0.25, -0.2) is 0 Å². The van der Waals surface area contributed by atoms with Crippen LogP contribution in [0.5, 0.6) is 0 Å². The summed E-state index contributed by atoms with van der Waals surface area (Å²) in [5, 5.41) is 9.35. The second-order valence-electron chi connectivity index (χ2n) is 4.54. The van der Waals surface area contributed by atoms with E-state index in [1.807, 2.05) is 0 Å². The summed E-state index contributed by atoms with van der Waals surface area (Å²) in [5.41, 5.74) is 5.79. The standard InChI is InChI=1S/C10H21NO2/c1-10(2,12)13-7-8-3-5-9(11)6-4-8/h8-9,12H,3-7,11H2,1-2H3. The van der Waals surface area contributed by atoms with Crippen LogP contribution in [0.25, 0.3) is 0 Å². The van der Waals surface area contributed by atoms with Crippen molar-refractivity contribution in [2.75, 3.05) is 6.61 Å². The van der Waals surface area contributed by atoms with Gasteiger partial charge < -0.3 is 15.6 Å². The lowest BCUT2D eigenvalue weighted by Crippen LogP contribution is -2.31. The van der Waals surface area contributed by atoms with Gasteiger partial charge in [-0.05, 0) is 45.4 Å². The molecule has 0 radical (unpaired) electrons. The third-order valence-corrected chi connectivity index (χ3v) is 2.56. The molecular formula is C10H21NO2. The lowest BCUT2D eigenvalue weighted by Gasteiger charge is -2.28. The number of rotatable bonds is 3. The van der Waals surface area contributed by atoms with E-state index in [2.05, 4.69) is 0 Å². The molecule has 0 bridgehead atoms. The molecule has 0 heterocycles. The van der Waals surface area contributed by atoms with Gasteiger partial charge in [0.15, 0.2) is 5.79 Å². The summed E-state index contributed by atoms with van der Waals surface area (Å²) >= 11 is 0. The van der Waals surface area contributed by atoms with Crippen molar-refractivity contribution in [2.24, 2.45) is 11.7 Å². The van der Waals surface area contributed by atoms with Crippen LogP contribution in [0.3, 0.4) is 0 Å². The summed E-state index contributed by atoms with van der Waals surface area (Å²) in [6.07, 6.45) is 4.47. The van der Waals surface area contributed by atoms with Gasteiger partial charge in [0.2, 0.25) is 0 Å². The highest BCUT2D eigenvalue weighted by molar-refractivity contribution is 4.74. The topological polar surface area (TPSA) is 55.5 Å². The molecular weight excluding hydrogens is 166 g/mol. The van der Waals surface area contributed by atoms with Gasteiger partial charge >= 0.3 is 0 Å². The number of hydrogen-bond donors (Lipinski definition) is 2. The fourth-order valence-corrected chi connectivity index (χ4v) is 1.68. The van der Waals surface area contributed by atoms with Crippen molar-refractivity contribution in [3.05, 3.63) is 0 Å². The smallest absolute Gasteiger partial charge is 0.159 e. The van der Waals surface area contributed by atoms with Crippen molar-refractivity contribution in [1.29, 1.82) is 0 Å². The first kappa shape index (κ1) is 11.0. The highest BCUT2D eigenvalue weighted by Gasteiger charge is 2.21. The van der Waals surface area contributed by atoms with E-state index in [9.17, 15) is 5.11 Å². The van der Waals surface area contributed by atoms with Gasteiger partial charge in [-0.15, -0.1) is 0 Å². The van der Waals surface area contributed by atoms with Crippen LogP contribution >= 0.6 is 0 Å². The Hall–Kier alpha value is -0.120. The molecule has 0 unspecified atom stereocenters. The van der Waals surface area contributed by atoms with E-state index in [1.54, 1.807) is 13.8 Å². The van der Waals surface area contributed by atoms with Gasteiger partial charge in [-0.2, -0.15) is 0 Å². The van der Waals surface area contributed by atoms with Crippen LogP contribution in [0.15, 0.2) is 0 Å². The van der Waals surface area contributed by atoms with Crippen molar-refractivity contribution in [2.45, 2.75) is 51.4 Å². The van der Waals surface area contributed by atoms with E-state index in [-0.39, 0.29) is 0 Å². The largest absolute Gasteiger partial charge is 0.366 e. The molecule has 0 aromatic rings. The minimum Gasteiger partial charge on any atom is -0.366 e. The predicted octanol–water partition coefficient (Wildman–Crippen LogP) is 1.25. The molecule has 1 rings (SSSR count). The Morgan fingerprint density at radius 2 is 1.85 bits per heavy atom. The number of aliphatic hydroxyl groups is 1. The summed E-state index contributed by atoms with van der Waals surface area (Å²) in [6.45, 7) is 4.00. The van der Waals surface area contributed by atoms with E-state index in [0.29, 0.717) is 18.6 Å². The fourth-order valence-electron chi connectivity index (χ4n) is 1.68. The zero-order chi connectivity index (χ0) is 9.90. The molecule has 1 saturated carbocycles. The monoisotopic (exact) mass is 187 g/mol. The molecule has 3 N–H and O–H groups in total. The average Bonchev–Trinajstić information content (AvgIpc) is 2.02. The fraction of sp³-hybridized carbons (Fsp3) is 1.00. The molecule has 78 valence electrons. The molecule has 0 aromatic heterocycles. The third-order valence-electron chi connectivity index (χ3n) is 2.56. The SMILES string of the molecule is CC(C)(O)OCC1CCC(N)CC1. The second-order valence-corrected chi connectivity index (χ2v) is 4.54. The molecule has 0 amide bonds. The molecule has 0 aliphatic heterocycles. The average molecular weight is 187 g/mol. The van der Waals surface area contributed by atoms with Crippen LogP contribution < -0.4 is 5.73 Å². The van der Waals surface area contributed by atoms with Crippen molar-refractivity contribution < 1.29 is 9.84 Å². The summed E-state index contributed by atoms with van der Waals surface area (Å²) in [4.78, 5) is 0. The van der Waals surface area contributed by atoms with Crippen LogP contribution in [0, 0.1) is 5.92 Å². The van der Waals surface area contributed by atoms with Crippen molar-refractivity contribution >= 4 is 0 Å². The van der Waals surface area contributed by atoms with Crippen molar-refractivity contribution in [1.82, 2.24) is 0 Å². The molecule has 1 fully saturated rings. The number of nitrogens with two attached hydrogens (primary N) is 1. The Morgan fingerprint density at radius 1 is 1.31 bits per heavy atom. The zero-order valence-electron chi connectivity index (χ0n) is 8.62. The Kier molecular flexibility index (Phi) is 3.71. The lowest BCUT2D eigenvalue weighted by molar-refractivity contribution is -0.185. The first-order chi connectivity index (χ1) is 5.97. The van der Waals surface area contributed by atoms with Gasteiger partial charge in [0.05, 0.1) is 6.61 Å². The Balaban J connectivity index is 2.16. The van der Waals surface area contributed by atoms with Gasteiger partial charge in [-0.3, -0.25) is 0 Å². The summed E-state index contributed by atoms with van der Waals surface area (Å²) in [5.74, 6) is -0.397. The van der Waals surface area contributed by atoms with E-state index >= 15 is 0 Å². The molecule has 1 aliphatic carbocycles. The van der Waals surface area contributed by atoms with Crippen LogP contribution in [-0.2, 0) is 4.74 Å². The second kappa shape index (κ2) is 4.40. The van der Waals surface area contributed by atoms with Crippen molar-refractivity contribution in [3.63, 3.8) is 0 Å². The molecule has 0 spiro atoms. The van der Waals surface area contributed by atoms with Crippen LogP contribution in [0.2, 0.25) is 0 Å². The molecule has 3 nitrogen and oxygen atoms in total. The van der Waals surface area contributed by atoms with Crippen LogP contribution in [0.4, 0.5) is 0 Å². The predicted molar refractivity (Wildman–Crippen MR) is 52.2 cm³/mol. The van der Waals surface area contributed by atoms with Gasteiger partial charge in [-0.1, -0.05) is 0 Å². The molecule has 0 saturated heterocycles. The molecule has 0 aromatic carbocycles. The molecule has 13 heavy (non-hydrogen) atoms. The minimum absolute atomic E-state index is 0.387. The van der Waals surface area contributed by atoms with E-state index in [1.165, 1.54) is 0 Å². The normalized spacial score (nSPS) is 30.5. The first-order valence-corrected chi connectivity index (χ1v) is 5.09. The van der Waals surface area contributed by atoms with Gasteiger partial charge in [0, 0.05) is 6.04 Å². The maximum atomic E-state index is 9.35. The number of hydrogen-bond acceptors (Lipinski definition) is 3. The van der Waals surface area contributed by atoms with E-state index in [0.717, 1.165) is 25.7 Å². The zero-order valence-corrected chi connectivity index (χ0v) is 8.62. The van der Waals surface area contributed by atoms with Gasteiger partial charge in [0.25, 0.3) is 0 Å². The highest BCUT2D eigenvalue weighted by atomic mass is 16.6.